The van der Waals surface area contributed by atoms with Crippen LogP contribution in [-0.2, 0) is 9.59 Å². The fourth-order valence-electron chi connectivity index (χ4n) is 2.08. The van der Waals surface area contributed by atoms with Crippen molar-refractivity contribution in [3.8, 4) is 5.75 Å². The summed E-state index contributed by atoms with van der Waals surface area (Å²) in [5.74, 6) is -0.569. The molecule has 2 amide bonds. The number of nitro groups is 1. The summed E-state index contributed by atoms with van der Waals surface area (Å²) in [5.41, 5.74) is -0.199. The Morgan fingerprint density at radius 1 is 1.52 bits per heavy atom. The Morgan fingerprint density at radius 3 is 2.95 bits per heavy atom. The molecule has 1 fully saturated rings. The number of piperazine rings is 1. The summed E-state index contributed by atoms with van der Waals surface area (Å²) >= 11 is 0. The topological polar surface area (TPSA) is 102 Å². The fraction of sp³-hybridized carbons (Fsp3) is 0.385. The van der Waals surface area contributed by atoms with E-state index in [0.717, 1.165) is 0 Å². The van der Waals surface area contributed by atoms with Crippen molar-refractivity contribution in [3.05, 3.63) is 34.4 Å². The van der Waals surface area contributed by atoms with Gasteiger partial charge in [-0.3, -0.25) is 19.7 Å². The van der Waals surface area contributed by atoms with E-state index in [9.17, 15) is 19.7 Å². The van der Waals surface area contributed by atoms with Crippen molar-refractivity contribution in [3.63, 3.8) is 0 Å². The number of benzene rings is 1. The van der Waals surface area contributed by atoms with Crippen molar-refractivity contribution >= 4 is 17.5 Å². The Hall–Kier alpha value is -2.64. The van der Waals surface area contributed by atoms with Gasteiger partial charge in [-0.1, -0.05) is 12.1 Å². The van der Waals surface area contributed by atoms with Crippen LogP contribution in [0.4, 0.5) is 5.69 Å². The van der Waals surface area contributed by atoms with Crippen molar-refractivity contribution in [1.29, 1.82) is 0 Å². The van der Waals surface area contributed by atoms with Crippen molar-refractivity contribution in [2.75, 3.05) is 19.7 Å². The van der Waals surface area contributed by atoms with Crippen molar-refractivity contribution in [1.82, 2.24) is 10.2 Å². The van der Waals surface area contributed by atoms with E-state index >= 15 is 0 Å². The van der Waals surface area contributed by atoms with Crippen LogP contribution in [-0.4, -0.2) is 47.4 Å². The van der Waals surface area contributed by atoms with Crippen LogP contribution >= 0.6 is 0 Å². The number of hydrogen-bond acceptors (Lipinski definition) is 5. The zero-order valence-electron chi connectivity index (χ0n) is 11.4. The molecule has 1 heterocycles. The van der Waals surface area contributed by atoms with Crippen molar-refractivity contribution in [2.24, 2.45) is 0 Å². The average Bonchev–Trinajstić information content (AvgIpc) is 2.47. The maximum atomic E-state index is 12.1. The zero-order chi connectivity index (χ0) is 15.4. The van der Waals surface area contributed by atoms with Crippen molar-refractivity contribution in [2.45, 2.75) is 13.0 Å². The lowest BCUT2D eigenvalue weighted by atomic mass is 10.2. The van der Waals surface area contributed by atoms with E-state index in [1.54, 1.807) is 13.0 Å². The first kappa shape index (κ1) is 14.8. The molecule has 0 spiro atoms. The number of nitrogens with one attached hydrogen (secondary N) is 1. The molecule has 1 unspecified atom stereocenters. The molecule has 1 aromatic carbocycles. The highest BCUT2D eigenvalue weighted by Gasteiger charge is 2.29. The molecule has 2 rings (SSSR count). The van der Waals surface area contributed by atoms with Crippen LogP contribution in [0.2, 0.25) is 0 Å². The van der Waals surface area contributed by atoms with E-state index in [1.165, 1.54) is 23.1 Å². The molecule has 8 heteroatoms. The van der Waals surface area contributed by atoms with Gasteiger partial charge < -0.3 is 15.0 Å². The van der Waals surface area contributed by atoms with Gasteiger partial charge in [-0.05, 0) is 13.0 Å². The molecule has 0 aromatic heterocycles. The summed E-state index contributed by atoms with van der Waals surface area (Å²) in [6.07, 6.45) is 0. The average molecular weight is 293 g/mol. The number of ether oxygens (including phenoxy) is 1. The minimum atomic E-state index is -0.573. The second-order valence-corrected chi connectivity index (χ2v) is 4.57. The van der Waals surface area contributed by atoms with Gasteiger partial charge in [0.15, 0.2) is 12.4 Å². The number of hydrogen-bond donors (Lipinski definition) is 1. The third-order valence-electron chi connectivity index (χ3n) is 3.23. The molecule has 21 heavy (non-hydrogen) atoms. The first-order valence-electron chi connectivity index (χ1n) is 6.44. The molecule has 1 aliphatic rings. The monoisotopic (exact) mass is 293 g/mol. The lowest BCUT2D eigenvalue weighted by Crippen LogP contribution is -2.56. The van der Waals surface area contributed by atoms with E-state index < -0.39 is 11.0 Å². The molecule has 112 valence electrons. The van der Waals surface area contributed by atoms with Gasteiger partial charge in [0.05, 0.1) is 4.92 Å². The van der Waals surface area contributed by atoms with Gasteiger partial charge in [0, 0.05) is 19.2 Å². The standard InChI is InChI=1S/C13H15N3O5/c1-9-13(18)14-6-7-15(9)12(17)8-21-11-5-3-2-4-10(11)16(19)20/h2-5,9H,6-8H2,1H3,(H,14,18). The van der Waals surface area contributed by atoms with E-state index in [4.69, 9.17) is 4.74 Å². The SMILES string of the molecule is CC1C(=O)NCCN1C(=O)COc1ccccc1[N+](=O)[O-]. The van der Waals surface area contributed by atoms with Crippen LogP contribution in [0.15, 0.2) is 24.3 Å². The minimum absolute atomic E-state index is 0.0324. The summed E-state index contributed by atoms with van der Waals surface area (Å²) in [6.45, 7) is 2.06. The third-order valence-corrected chi connectivity index (χ3v) is 3.23. The molecular weight excluding hydrogens is 278 g/mol. The summed E-state index contributed by atoms with van der Waals surface area (Å²) in [4.78, 5) is 35.2. The zero-order valence-corrected chi connectivity index (χ0v) is 11.4. The van der Waals surface area contributed by atoms with Gasteiger partial charge in [-0.15, -0.1) is 0 Å². The third kappa shape index (κ3) is 3.28. The normalized spacial score (nSPS) is 18.0. The van der Waals surface area contributed by atoms with Gasteiger partial charge in [-0.2, -0.15) is 0 Å². The van der Waals surface area contributed by atoms with Crippen LogP contribution < -0.4 is 10.1 Å². The van der Waals surface area contributed by atoms with Gasteiger partial charge >= 0.3 is 5.69 Å². The number of rotatable bonds is 4. The van der Waals surface area contributed by atoms with E-state index in [1.807, 2.05) is 0 Å². The predicted octanol–water partition coefficient (Wildman–Crippen LogP) is 0.321. The van der Waals surface area contributed by atoms with Crippen LogP contribution in [0.3, 0.4) is 0 Å². The predicted molar refractivity (Wildman–Crippen MR) is 72.8 cm³/mol. The smallest absolute Gasteiger partial charge is 0.310 e. The fourth-order valence-corrected chi connectivity index (χ4v) is 2.08. The molecule has 1 aromatic rings. The summed E-state index contributed by atoms with van der Waals surface area (Å²) < 4.78 is 5.23. The highest BCUT2D eigenvalue weighted by Crippen LogP contribution is 2.25. The largest absolute Gasteiger partial charge is 0.477 e. The molecule has 0 radical (unpaired) electrons. The lowest BCUT2D eigenvalue weighted by Gasteiger charge is -2.32. The second kappa shape index (κ2) is 6.21. The lowest BCUT2D eigenvalue weighted by molar-refractivity contribution is -0.385. The minimum Gasteiger partial charge on any atom is -0.477 e. The molecule has 1 aliphatic heterocycles. The van der Waals surface area contributed by atoms with Crippen molar-refractivity contribution < 1.29 is 19.2 Å². The number of para-hydroxylation sites is 2. The number of carbonyl (C=O) groups is 2. The number of nitrogens with zero attached hydrogens (tertiary/aromatic N) is 2. The van der Waals surface area contributed by atoms with Gasteiger partial charge in [0.2, 0.25) is 5.91 Å². The summed E-state index contributed by atoms with van der Waals surface area (Å²) in [5, 5.41) is 13.5. The molecule has 1 N–H and O–H groups in total. The molecule has 0 saturated carbocycles. The van der Waals surface area contributed by atoms with E-state index in [-0.39, 0.29) is 29.9 Å². The maximum absolute atomic E-state index is 12.1. The van der Waals surface area contributed by atoms with E-state index in [2.05, 4.69) is 5.32 Å². The highest BCUT2D eigenvalue weighted by atomic mass is 16.6. The first-order valence-corrected chi connectivity index (χ1v) is 6.44. The molecule has 0 bridgehead atoms. The second-order valence-electron chi connectivity index (χ2n) is 4.57. The number of amides is 2. The summed E-state index contributed by atoms with van der Waals surface area (Å²) in [6, 6.07) is 5.27. The van der Waals surface area contributed by atoms with E-state index in [0.29, 0.717) is 13.1 Å². The Morgan fingerprint density at radius 2 is 2.24 bits per heavy atom. The van der Waals surface area contributed by atoms with Crippen LogP contribution in [0.5, 0.6) is 5.75 Å². The molecule has 1 saturated heterocycles. The van der Waals surface area contributed by atoms with Crippen LogP contribution in [0.25, 0.3) is 0 Å². The Balaban J connectivity index is 2.01. The maximum Gasteiger partial charge on any atom is 0.310 e. The Kier molecular flexibility index (Phi) is 4.36. The molecule has 0 aliphatic carbocycles. The highest BCUT2D eigenvalue weighted by molar-refractivity contribution is 5.89. The molecule has 1 atom stereocenters. The Labute approximate surface area is 120 Å². The Bertz CT molecular complexity index is 575. The van der Waals surface area contributed by atoms with Gasteiger partial charge in [0.25, 0.3) is 5.91 Å². The van der Waals surface area contributed by atoms with Crippen LogP contribution in [0.1, 0.15) is 6.92 Å². The number of carbonyl (C=O) groups excluding carboxylic acids is 2. The van der Waals surface area contributed by atoms with Crippen LogP contribution in [0, 0.1) is 10.1 Å². The number of nitro benzene ring substituents is 1. The molecule has 8 nitrogen and oxygen atoms in total. The first-order chi connectivity index (χ1) is 10.0. The quantitative estimate of drug-likeness (QED) is 0.636. The van der Waals surface area contributed by atoms with Gasteiger partial charge in [-0.25, -0.2) is 0 Å². The summed E-state index contributed by atoms with van der Waals surface area (Å²) in [7, 11) is 0. The molecular formula is C13H15N3O5. The van der Waals surface area contributed by atoms with Gasteiger partial charge in [0.1, 0.15) is 6.04 Å².